The van der Waals surface area contributed by atoms with E-state index in [1.807, 2.05) is 30.3 Å². The highest BCUT2D eigenvalue weighted by molar-refractivity contribution is 5.81. The average molecular weight is 467 g/mol. The van der Waals surface area contributed by atoms with Crippen LogP contribution in [0.5, 0.6) is 0 Å². The van der Waals surface area contributed by atoms with E-state index < -0.39 is 0 Å². The summed E-state index contributed by atoms with van der Waals surface area (Å²) in [6.07, 6.45) is 11.6. The Morgan fingerprint density at radius 3 is 2.69 bits per heavy atom. The third-order valence-corrected chi connectivity index (χ3v) is 6.13. The van der Waals surface area contributed by atoms with E-state index in [1.165, 1.54) is 10.1 Å². The maximum absolute atomic E-state index is 13.4. The molecule has 0 spiro atoms. The van der Waals surface area contributed by atoms with Crippen LogP contribution in [0.3, 0.4) is 0 Å². The fourth-order valence-corrected chi connectivity index (χ4v) is 4.28. The number of pyridine rings is 1. The predicted octanol–water partition coefficient (Wildman–Crippen LogP) is 3.89. The van der Waals surface area contributed by atoms with Gasteiger partial charge in [-0.15, -0.1) is 0 Å². The number of nitrogens with zero attached hydrogens (tertiary/aromatic N) is 4. The number of aromatic nitrogens is 6. The molecule has 0 aliphatic heterocycles. The predicted molar refractivity (Wildman–Crippen MR) is 134 cm³/mol. The fourth-order valence-electron chi connectivity index (χ4n) is 4.28. The van der Waals surface area contributed by atoms with Crippen molar-refractivity contribution in [2.24, 2.45) is 0 Å². The van der Waals surface area contributed by atoms with Crippen molar-refractivity contribution >= 4 is 16.7 Å². The molecule has 1 aromatic carbocycles. The second-order valence-electron chi connectivity index (χ2n) is 8.60. The number of hydrogen-bond acceptors (Lipinski definition) is 5. The molecule has 0 aliphatic rings. The Hall–Kier alpha value is -4.33. The summed E-state index contributed by atoms with van der Waals surface area (Å²) in [7, 11) is 0. The first kappa shape index (κ1) is 22.5. The normalized spacial score (nSPS) is 11.2. The molecule has 8 heteroatoms. The maximum atomic E-state index is 13.4. The van der Waals surface area contributed by atoms with E-state index in [2.05, 4.69) is 37.3 Å². The van der Waals surface area contributed by atoms with E-state index in [1.54, 1.807) is 31.0 Å². The number of nitrogens with one attached hydrogen (secondary N) is 2. The molecule has 0 fully saturated rings. The first-order chi connectivity index (χ1) is 17.2. The fraction of sp³-hybridized carbons (Fsp3) is 0.222. The molecule has 4 aromatic heterocycles. The van der Waals surface area contributed by atoms with Gasteiger partial charge in [0.05, 0.1) is 24.6 Å². The molecule has 0 atom stereocenters. The molecular weight excluding hydrogens is 440 g/mol. The van der Waals surface area contributed by atoms with E-state index in [0.29, 0.717) is 30.7 Å². The summed E-state index contributed by atoms with van der Waals surface area (Å²) in [6, 6.07) is 14.1. The summed E-state index contributed by atoms with van der Waals surface area (Å²) in [6.45, 7) is -0.00463. The van der Waals surface area contributed by atoms with Gasteiger partial charge < -0.3 is 4.98 Å². The monoisotopic (exact) mass is 466 g/mol. The Labute approximate surface area is 202 Å². The van der Waals surface area contributed by atoms with Gasteiger partial charge >= 0.3 is 0 Å². The zero-order valence-corrected chi connectivity index (χ0v) is 19.3. The zero-order valence-electron chi connectivity index (χ0n) is 19.3. The van der Waals surface area contributed by atoms with Crippen LogP contribution >= 0.6 is 0 Å². The Balaban J connectivity index is 1.31. The number of fused-ring (bicyclic) bond motifs is 1. The van der Waals surface area contributed by atoms with Crippen LogP contribution in [0.2, 0.25) is 0 Å². The van der Waals surface area contributed by atoms with E-state index in [-0.39, 0.29) is 17.9 Å². The molecular formula is C27H26N6O2. The van der Waals surface area contributed by atoms with Gasteiger partial charge in [0.1, 0.15) is 5.69 Å². The van der Waals surface area contributed by atoms with Crippen molar-refractivity contribution in [1.82, 2.24) is 29.7 Å². The molecule has 5 aromatic rings. The Morgan fingerprint density at radius 1 is 1.00 bits per heavy atom. The minimum Gasteiger partial charge on any atom is -0.358 e. The topological polar surface area (TPSA) is 109 Å². The summed E-state index contributed by atoms with van der Waals surface area (Å²) in [5.41, 5.74) is 4.76. The minimum absolute atomic E-state index is 0.00463. The molecule has 0 amide bonds. The highest BCUT2D eigenvalue weighted by Gasteiger charge is 2.16. The summed E-state index contributed by atoms with van der Waals surface area (Å²) >= 11 is 0. The Morgan fingerprint density at radius 2 is 1.89 bits per heavy atom. The van der Waals surface area contributed by atoms with Crippen LogP contribution in [0, 0.1) is 0 Å². The minimum atomic E-state index is -0.221. The number of hydrogen-bond donors (Lipinski definition) is 2. The Kier molecular flexibility index (Phi) is 6.61. The molecule has 35 heavy (non-hydrogen) atoms. The largest absolute Gasteiger partial charge is 0.358 e. The number of carbonyl (C=O) groups excluding carboxylic acids is 1. The summed E-state index contributed by atoms with van der Waals surface area (Å²) in [5, 5.41) is 7.77. The van der Waals surface area contributed by atoms with E-state index in [4.69, 9.17) is 0 Å². The van der Waals surface area contributed by atoms with Crippen LogP contribution in [-0.2, 0) is 30.6 Å². The molecule has 4 heterocycles. The number of benzene rings is 1. The van der Waals surface area contributed by atoms with Crippen molar-refractivity contribution in [3.05, 3.63) is 101 Å². The molecule has 0 saturated heterocycles. The third-order valence-electron chi connectivity index (χ3n) is 6.13. The van der Waals surface area contributed by atoms with Crippen molar-refractivity contribution in [2.75, 3.05) is 0 Å². The Bertz CT molecular complexity index is 1450. The standard InChI is InChI=1S/C27H26N6O2/c34-23(10-9-22-13-20-14-28-12-11-24(20)32-22)18-33-26(21-15-30-31-16-21)17-29-25(27(33)35)8-4-7-19-5-2-1-3-6-19/h1-3,5-6,11-17,32H,4,7-10,18H2,(H,30,31). The number of aromatic amines is 2. The average Bonchev–Trinajstić information content (AvgIpc) is 3.56. The van der Waals surface area contributed by atoms with Crippen LogP contribution in [0.4, 0.5) is 0 Å². The zero-order chi connectivity index (χ0) is 24.0. The maximum Gasteiger partial charge on any atom is 0.273 e. The van der Waals surface area contributed by atoms with Gasteiger partial charge in [-0.3, -0.25) is 29.2 Å². The molecule has 2 N–H and O–H groups in total. The highest BCUT2D eigenvalue weighted by atomic mass is 16.1. The van der Waals surface area contributed by atoms with Crippen LogP contribution in [0.25, 0.3) is 22.2 Å². The second-order valence-corrected chi connectivity index (χ2v) is 8.60. The van der Waals surface area contributed by atoms with Crippen molar-refractivity contribution in [3.8, 4) is 11.3 Å². The smallest absolute Gasteiger partial charge is 0.273 e. The quantitative estimate of drug-likeness (QED) is 0.325. The molecule has 0 bridgehead atoms. The molecule has 5 rings (SSSR count). The van der Waals surface area contributed by atoms with Crippen LogP contribution < -0.4 is 5.56 Å². The van der Waals surface area contributed by atoms with Crippen LogP contribution in [-0.4, -0.2) is 35.5 Å². The number of aryl methyl sites for hydroxylation is 3. The van der Waals surface area contributed by atoms with E-state index in [0.717, 1.165) is 35.0 Å². The number of Topliss-reactive ketones (excluding diaryl/α,β-unsaturated/α-hetero) is 1. The lowest BCUT2D eigenvalue weighted by Crippen LogP contribution is -2.29. The van der Waals surface area contributed by atoms with E-state index >= 15 is 0 Å². The lowest BCUT2D eigenvalue weighted by molar-refractivity contribution is -0.119. The van der Waals surface area contributed by atoms with Crippen molar-refractivity contribution in [2.45, 2.75) is 38.6 Å². The first-order valence-electron chi connectivity index (χ1n) is 11.7. The molecule has 0 unspecified atom stereocenters. The molecule has 8 nitrogen and oxygen atoms in total. The number of ketones is 1. The van der Waals surface area contributed by atoms with Gasteiger partial charge in [0.2, 0.25) is 0 Å². The molecule has 176 valence electrons. The molecule has 0 aliphatic carbocycles. The number of H-pyrrole nitrogens is 2. The third kappa shape index (κ3) is 5.27. The van der Waals surface area contributed by atoms with Gasteiger partial charge in [-0.2, -0.15) is 5.10 Å². The van der Waals surface area contributed by atoms with Gasteiger partial charge in [-0.25, -0.2) is 0 Å². The first-order valence-corrected chi connectivity index (χ1v) is 11.7. The van der Waals surface area contributed by atoms with Gasteiger partial charge in [0.15, 0.2) is 5.78 Å². The summed E-state index contributed by atoms with van der Waals surface area (Å²) in [4.78, 5) is 38.2. The van der Waals surface area contributed by atoms with Crippen LogP contribution in [0.1, 0.15) is 29.8 Å². The van der Waals surface area contributed by atoms with Crippen LogP contribution in [0.15, 0.2) is 78.2 Å². The summed E-state index contributed by atoms with van der Waals surface area (Å²) < 4.78 is 1.53. The molecule has 0 saturated carbocycles. The van der Waals surface area contributed by atoms with Crippen molar-refractivity contribution in [1.29, 1.82) is 0 Å². The second kappa shape index (κ2) is 10.3. The van der Waals surface area contributed by atoms with Gasteiger partial charge in [0, 0.05) is 47.2 Å². The highest BCUT2D eigenvalue weighted by Crippen LogP contribution is 2.18. The summed E-state index contributed by atoms with van der Waals surface area (Å²) in [5.74, 6) is -0.0185. The molecule has 0 radical (unpaired) electrons. The number of carbonyl (C=O) groups is 1. The van der Waals surface area contributed by atoms with E-state index in [9.17, 15) is 9.59 Å². The SMILES string of the molecule is O=C(CCc1cc2cnccc2[nH]1)Cn1c(-c2cn[nH]c2)cnc(CCCc2ccccc2)c1=O. The lowest BCUT2D eigenvalue weighted by Gasteiger charge is -2.13. The number of rotatable bonds is 10. The van der Waals surface area contributed by atoms with Crippen molar-refractivity contribution in [3.63, 3.8) is 0 Å². The van der Waals surface area contributed by atoms with Gasteiger partial charge in [-0.1, -0.05) is 30.3 Å². The van der Waals surface area contributed by atoms with Crippen molar-refractivity contribution < 1.29 is 4.79 Å². The van der Waals surface area contributed by atoms with Gasteiger partial charge in [-0.05, 0) is 43.4 Å². The lowest BCUT2D eigenvalue weighted by atomic mass is 10.1. The van der Waals surface area contributed by atoms with Gasteiger partial charge in [0.25, 0.3) is 5.56 Å².